The van der Waals surface area contributed by atoms with Gasteiger partial charge in [-0.05, 0) is 56.4 Å². The lowest BCUT2D eigenvalue weighted by atomic mass is 10.1. The number of hydrogen-bond acceptors (Lipinski definition) is 4. The van der Waals surface area contributed by atoms with Gasteiger partial charge in [-0.3, -0.25) is 13.9 Å². The lowest BCUT2D eigenvalue weighted by Gasteiger charge is -2.32. The molecule has 0 fully saturated rings. The molecule has 0 saturated carbocycles. The van der Waals surface area contributed by atoms with E-state index in [4.69, 9.17) is 11.6 Å². The van der Waals surface area contributed by atoms with E-state index in [0.717, 1.165) is 23.8 Å². The normalized spacial score (nSPS) is 13.1. The maximum atomic E-state index is 13.5. The number of sulfonamides is 1. The predicted octanol–water partition coefficient (Wildman–Crippen LogP) is 4.92. The van der Waals surface area contributed by atoms with Crippen LogP contribution in [0.1, 0.15) is 57.6 Å². The molecule has 198 valence electrons. The van der Waals surface area contributed by atoms with Crippen molar-refractivity contribution < 1.29 is 18.0 Å². The van der Waals surface area contributed by atoms with Crippen LogP contribution in [0.2, 0.25) is 5.02 Å². The van der Waals surface area contributed by atoms with Crippen molar-refractivity contribution in [3.63, 3.8) is 0 Å². The van der Waals surface area contributed by atoms with Crippen LogP contribution in [-0.2, 0) is 26.2 Å². The molecule has 0 unspecified atom stereocenters. The number of nitrogens with one attached hydrogen (secondary N) is 1. The summed E-state index contributed by atoms with van der Waals surface area (Å²) in [7, 11) is -3.54. The van der Waals surface area contributed by atoms with Crippen LogP contribution in [0.15, 0.2) is 48.5 Å². The lowest BCUT2D eigenvalue weighted by Crippen LogP contribution is -2.50. The van der Waals surface area contributed by atoms with E-state index in [1.165, 1.54) is 4.31 Å². The fraction of sp³-hybridized carbons (Fsp3) is 0.481. The molecule has 9 heteroatoms. The van der Waals surface area contributed by atoms with Gasteiger partial charge in [-0.1, -0.05) is 61.8 Å². The number of aryl methyl sites for hydroxylation is 1. The van der Waals surface area contributed by atoms with Crippen molar-refractivity contribution in [1.82, 2.24) is 10.2 Å². The average Bonchev–Trinajstić information content (AvgIpc) is 2.82. The molecule has 36 heavy (non-hydrogen) atoms. The Bertz CT molecular complexity index is 1140. The van der Waals surface area contributed by atoms with Crippen LogP contribution < -0.4 is 9.62 Å². The second kappa shape index (κ2) is 13.7. The number of carbonyl (C=O) groups excluding carboxylic acids is 2. The zero-order chi connectivity index (χ0) is 26.9. The van der Waals surface area contributed by atoms with Gasteiger partial charge in [-0.25, -0.2) is 8.42 Å². The highest BCUT2D eigenvalue weighted by Gasteiger charge is 2.30. The molecule has 7 nitrogen and oxygen atoms in total. The van der Waals surface area contributed by atoms with Gasteiger partial charge in [0.2, 0.25) is 21.8 Å². The molecule has 0 radical (unpaired) electrons. The van der Waals surface area contributed by atoms with Gasteiger partial charge in [0.15, 0.2) is 0 Å². The summed E-state index contributed by atoms with van der Waals surface area (Å²) in [5.41, 5.74) is 2.18. The monoisotopic (exact) mass is 535 g/mol. The summed E-state index contributed by atoms with van der Waals surface area (Å²) in [6, 6.07) is 13.8. The standard InChI is InChI=1S/C27H38ClN3O4S/c1-6-21(4)29-27(33)24(7-2)30(19-22-14-9-10-15-23(22)28)26(32)17-12-18-31(36(5,34)35)25-16-11-8-13-20(25)3/h8-11,13-16,21,24H,6-7,12,17-19H2,1-5H3,(H,29,33)/t21-,24+/m1/s1. The number of anilines is 1. The van der Waals surface area contributed by atoms with Crippen molar-refractivity contribution in [3.05, 3.63) is 64.7 Å². The molecule has 0 aliphatic carbocycles. The van der Waals surface area contributed by atoms with E-state index >= 15 is 0 Å². The number of nitrogens with zero attached hydrogens (tertiary/aromatic N) is 2. The number of hydrogen-bond donors (Lipinski definition) is 1. The second-order valence-electron chi connectivity index (χ2n) is 9.08. The maximum Gasteiger partial charge on any atom is 0.243 e. The van der Waals surface area contributed by atoms with E-state index in [0.29, 0.717) is 23.6 Å². The Balaban J connectivity index is 2.25. The van der Waals surface area contributed by atoms with E-state index < -0.39 is 16.1 Å². The number of para-hydroxylation sites is 1. The molecule has 2 aromatic rings. The number of amides is 2. The first-order valence-electron chi connectivity index (χ1n) is 12.4. The van der Waals surface area contributed by atoms with Gasteiger partial charge in [0.05, 0.1) is 11.9 Å². The van der Waals surface area contributed by atoms with Crippen LogP contribution >= 0.6 is 11.6 Å². The quantitative estimate of drug-likeness (QED) is 0.394. The Kier molecular flexibility index (Phi) is 11.2. The van der Waals surface area contributed by atoms with E-state index in [2.05, 4.69) is 5.32 Å². The summed E-state index contributed by atoms with van der Waals surface area (Å²) < 4.78 is 26.4. The average molecular weight is 536 g/mol. The minimum atomic E-state index is -3.54. The molecule has 2 atom stereocenters. The predicted molar refractivity (Wildman–Crippen MR) is 147 cm³/mol. The van der Waals surface area contributed by atoms with Crippen LogP contribution in [0, 0.1) is 6.92 Å². The van der Waals surface area contributed by atoms with Crippen molar-refractivity contribution >= 4 is 39.1 Å². The third-order valence-electron chi connectivity index (χ3n) is 6.22. The topological polar surface area (TPSA) is 86.8 Å². The van der Waals surface area contributed by atoms with Crippen LogP contribution in [0.5, 0.6) is 0 Å². The van der Waals surface area contributed by atoms with Crippen molar-refractivity contribution in [3.8, 4) is 0 Å². The zero-order valence-electron chi connectivity index (χ0n) is 21.8. The Morgan fingerprint density at radius 1 is 1.03 bits per heavy atom. The highest BCUT2D eigenvalue weighted by Crippen LogP contribution is 2.24. The van der Waals surface area contributed by atoms with E-state index in [-0.39, 0.29) is 37.4 Å². The van der Waals surface area contributed by atoms with Crippen LogP contribution in [0.4, 0.5) is 5.69 Å². The SMILES string of the molecule is CC[C@@H](C)NC(=O)[C@H](CC)N(Cc1ccccc1Cl)C(=O)CCCN(c1ccccc1C)S(C)(=O)=O. The largest absolute Gasteiger partial charge is 0.352 e. The zero-order valence-corrected chi connectivity index (χ0v) is 23.4. The maximum absolute atomic E-state index is 13.5. The first-order valence-corrected chi connectivity index (χ1v) is 14.6. The van der Waals surface area contributed by atoms with Crippen molar-refractivity contribution in [2.24, 2.45) is 0 Å². The highest BCUT2D eigenvalue weighted by molar-refractivity contribution is 7.92. The number of benzene rings is 2. The van der Waals surface area contributed by atoms with Crippen molar-refractivity contribution in [2.45, 2.75) is 72.0 Å². The first-order chi connectivity index (χ1) is 17.0. The fourth-order valence-electron chi connectivity index (χ4n) is 4.00. The Labute approximate surface area is 220 Å². The van der Waals surface area contributed by atoms with Crippen molar-refractivity contribution in [1.29, 1.82) is 0 Å². The number of halogens is 1. The van der Waals surface area contributed by atoms with Gasteiger partial charge in [0.1, 0.15) is 6.04 Å². The van der Waals surface area contributed by atoms with Gasteiger partial charge in [-0.15, -0.1) is 0 Å². The highest BCUT2D eigenvalue weighted by atomic mass is 35.5. The molecular formula is C27H38ClN3O4S. The molecule has 0 heterocycles. The summed E-state index contributed by atoms with van der Waals surface area (Å²) in [4.78, 5) is 28.1. The summed E-state index contributed by atoms with van der Waals surface area (Å²) >= 11 is 6.37. The molecule has 2 rings (SSSR count). The van der Waals surface area contributed by atoms with E-state index in [9.17, 15) is 18.0 Å². The molecular weight excluding hydrogens is 498 g/mol. The molecule has 0 saturated heterocycles. The Morgan fingerprint density at radius 2 is 1.67 bits per heavy atom. The minimum absolute atomic E-state index is 0.0127. The summed E-state index contributed by atoms with van der Waals surface area (Å²) in [6.45, 7) is 7.99. The third kappa shape index (κ3) is 8.23. The number of rotatable bonds is 13. The summed E-state index contributed by atoms with van der Waals surface area (Å²) in [5.74, 6) is -0.427. The van der Waals surface area contributed by atoms with Gasteiger partial charge < -0.3 is 10.2 Å². The molecule has 0 bridgehead atoms. The second-order valence-corrected chi connectivity index (χ2v) is 11.4. The summed E-state index contributed by atoms with van der Waals surface area (Å²) in [5, 5.41) is 3.51. The Hall–Kier alpha value is -2.58. The van der Waals surface area contributed by atoms with Gasteiger partial charge in [0.25, 0.3) is 0 Å². The molecule has 1 N–H and O–H groups in total. The number of carbonyl (C=O) groups is 2. The molecule has 0 aliphatic heterocycles. The third-order valence-corrected chi connectivity index (χ3v) is 7.77. The molecule has 2 amide bonds. The van der Waals surface area contributed by atoms with E-state index in [1.807, 2.05) is 58.0 Å². The van der Waals surface area contributed by atoms with Crippen LogP contribution in [-0.4, -0.2) is 50.0 Å². The van der Waals surface area contributed by atoms with E-state index in [1.54, 1.807) is 23.1 Å². The smallest absolute Gasteiger partial charge is 0.243 e. The minimum Gasteiger partial charge on any atom is -0.352 e. The van der Waals surface area contributed by atoms with Crippen LogP contribution in [0.25, 0.3) is 0 Å². The van der Waals surface area contributed by atoms with Gasteiger partial charge in [0, 0.05) is 30.6 Å². The molecule has 2 aromatic carbocycles. The summed E-state index contributed by atoms with van der Waals surface area (Å²) in [6.07, 6.45) is 2.79. The fourth-order valence-corrected chi connectivity index (χ4v) is 5.21. The van der Waals surface area contributed by atoms with Gasteiger partial charge in [-0.2, -0.15) is 0 Å². The lowest BCUT2D eigenvalue weighted by molar-refractivity contribution is -0.141. The van der Waals surface area contributed by atoms with Gasteiger partial charge >= 0.3 is 0 Å². The Morgan fingerprint density at radius 3 is 2.25 bits per heavy atom. The van der Waals surface area contributed by atoms with Crippen LogP contribution in [0.3, 0.4) is 0 Å². The molecule has 0 aliphatic rings. The molecule has 0 aromatic heterocycles. The van der Waals surface area contributed by atoms with Crippen molar-refractivity contribution in [2.75, 3.05) is 17.1 Å². The molecule has 0 spiro atoms. The first kappa shape index (κ1) is 29.6.